The Morgan fingerprint density at radius 3 is 2.47 bits per heavy atom. The van der Waals surface area contributed by atoms with E-state index in [1.807, 2.05) is 12.1 Å². The van der Waals surface area contributed by atoms with Gasteiger partial charge in [-0.15, -0.1) is 0 Å². The summed E-state index contributed by atoms with van der Waals surface area (Å²) >= 11 is 0. The molecule has 1 saturated carbocycles. The molecular weight excluding hydrogens is 626 g/mol. The van der Waals surface area contributed by atoms with Crippen molar-refractivity contribution < 1.29 is 23.4 Å². The van der Waals surface area contributed by atoms with Crippen molar-refractivity contribution in [3.63, 3.8) is 0 Å². The van der Waals surface area contributed by atoms with Crippen LogP contribution in [0.5, 0.6) is 5.88 Å². The number of nitrogens with two attached hydrogens (primary N) is 1. The second kappa shape index (κ2) is 13.6. The molecule has 3 N–H and O–H groups in total. The molecule has 4 aromatic rings. The van der Waals surface area contributed by atoms with Crippen LogP contribution in [0.4, 0.5) is 23.4 Å². The van der Waals surface area contributed by atoms with E-state index in [4.69, 9.17) is 24.7 Å². The van der Waals surface area contributed by atoms with E-state index in [0.717, 1.165) is 31.9 Å². The topological polar surface area (TPSA) is 204 Å². The van der Waals surface area contributed by atoms with Crippen LogP contribution < -0.4 is 24.7 Å². The summed E-state index contributed by atoms with van der Waals surface area (Å²) in [5.41, 5.74) is 2.54. The van der Waals surface area contributed by atoms with Gasteiger partial charge in [0, 0.05) is 32.2 Å². The number of aromatic nitrogens is 6. The number of rotatable bonds is 10. The number of nitrogens with zero attached hydrogens (tertiary/aromatic N) is 9. The quantitative estimate of drug-likeness (QED) is 0.233. The third-order valence-electron chi connectivity index (χ3n) is 8.58. The number of fused-ring (bicyclic) bond motifs is 1. The van der Waals surface area contributed by atoms with E-state index in [1.54, 1.807) is 24.6 Å². The van der Waals surface area contributed by atoms with Crippen molar-refractivity contribution in [2.75, 3.05) is 47.1 Å². The number of quaternary nitrogens is 1. The van der Waals surface area contributed by atoms with Crippen molar-refractivity contribution in [1.29, 1.82) is 5.26 Å². The molecule has 0 spiro atoms. The van der Waals surface area contributed by atoms with E-state index in [2.05, 4.69) is 25.2 Å². The number of sulfonamides is 1. The number of nitriles is 1. The molecule has 1 unspecified atom stereocenters. The number of morpholine rings is 1. The Bertz CT molecular complexity index is 1870. The van der Waals surface area contributed by atoms with E-state index >= 15 is 0 Å². The first-order valence-electron chi connectivity index (χ1n) is 15.4. The Kier molecular flexibility index (Phi) is 9.36. The molecule has 1 atom stereocenters. The summed E-state index contributed by atoms with van der Waals surface area (Å²) in [5.74, 6) is 1.78. The molecule has 17 heteroatoms. The molecule has 0 aromatic carbocycles. The highest BCUT2D eigenvalue weighted by Crippen LogP contribution is 2.36. The zero-order chi connectivity index (χ0) is 33.1. The van der Waals surface area contributed by atoms with E-state index in [0.29, 0.717) is 77.3 Å². The maximum absolute atomic E-state index is 13.2. The first kappa shape index (κ1) is 32.3. The fourth-order valence-electron chi connectivity index (χ4n) is 6.12. The Balaban J connectivity index is 1.30. The van der Waals surface area contributed by atoms with E-state index in [1.165, 1.54) is 29.1 Å². The Hall–Kier alpha value is -4.63. The molecular formula is C30H37N11O5S. The summed E-state index contributed by atoms with van der Waals surface area (Å²) in [4.78, 5) is 24.4. The van der Waals surface area contributed by atoms with Crippen LogP contribution in [0.25, 0.3) is 10.9 Å². The van der Waals surface area contributed by atoms with Crippen LogP contribution >= 0.6 is 0 Å². The van der Waals surface area contributed by atoms with Crippen LogP contribution in [-0.4, -0.2) is 82.6 Å². The molecule has 1 aliphatic heterocycles. The molecule has 2 aliphatic rings. The number of hydrogen-bond donors (Lipinski definition) is 2. The van der Waals surface area contributed by atoms with Gasteiger partial charge >= 0.3 is 5.95 Å². The van der Waals surface area contributed by atoms with E-state index < -0.39 is 16.1 Å². The second-order valence-electron chi connectivity index (χ2n) is 11.7. The average molecular weight is 664 g/mol. The van der Waals surface area contributed by atoms with Crippen molar-refractivity contribution in [2.24, 2.45) is 7.05 Å². The van der Waals surface area contributed by atoms with Crippen LogP contribution in [0.3, 0.4) is 0 Å². The zero-order valence-electron chi connectivity index (χ0n) is 26.4. The minimum absolute atomic E-state index is 0.129. The highest BCUT2D eigenvalue weighted by molar-refractivity contribution is 7.92. The van der Waals surface area contributed by atoms with Gasteiger partial charge in [-0.25, -0.2) is 18.4 Å². The summed E-state index contributed by atoms with van der Waals surface area (Å²) in [6.45, 7) is 4.27. The van der Waals surface area contributed by atoms with Gasteiger partial charge in [0.1, 0.15) is 18.0 Å². The number of anilines is 3. The zero-order valence-corrected chi connectivity index (χ0v) is 27.2. The number of nitrogens with one attached hydrogen (secondary N) is 1. The molecule has 0 amide bonds. The van der Waals surface area contributed by atoms with Gasteiger partial charge in [0.25, 0.3) is 0 Å². The normalized spacial score (nSPS) is 19.3. The minimum Gasteiger partial charge on any atom is -0.628 e. The maximum atomic E-state index is 13.2. The summed E-state index contributed by atoms with van der Waals surface area (Å²) < 4.78 is 41.5. The lowest BCUT2D eigenvalue weighted by Crippen LogP contribution is -2.71. The lowest BCUT2D eigenvalue weighted by atomic mass is 9.93. The molecule has 0 radical (unpaired) electrons. The molecule has 6 rings (SSSR count). The van der Waals surface area contributed by atoms with Crippen molar-refractivity contribution in [3.8, 4) is 11.9 Å². The standard InChI is InChI=1S/C30H37N11O5S/c1-19(26-18-35-30(38-42)39(26)2)41(47(3,43)44)22-12-24-25(32-17-22)13-27(40-8-10-45-11-9-40)37-28(24)46-23-6-4-21(5-7-23)36-29-33-15-20(14-31)16-34-29/h12-13,15-19,21,23H,4-11,38H2,1-3H3,(H,33,34,36). The number of hydrogen-bond acceptors (Lipinski definition) is 13. The van der Waals surface area contributed by atoms with E-state index in [9.17, 15) is 13.6 Å². The monoisotopic (exact) mass is 663 g/mol. The first-order chi connectivity index (χ1) is 22.6. The molecule has 2 fully saturated rings. The van der Waals surface area contributed by atoms with Crippen LogP contribution in [0.1, 0.15) is 49.9 Å². The predicted molar refractivity (Wildman–Crippen MR) is 174 cm³/mol. The number of imidazole rings is 1. The smallest absolute Gasteiger partial charge is 0.305 e. The van der Waals surface area contributed by atoms with Gasteiger partial charge in [0.2, 0.25) is 21.9 Å². The third-order valence-corrected chi connectivity index (χ3v) is 9.82. The van der Waals surface area contributed by atoms with Crippen molar-refractivity contribution in [3.05, 3.63) is 53.4 Å². The molecule has 16 nitrogen and oxygen atoms in total. The van der Waals surface area contributed by atoms with Crippen molar-refractivity contribution >= 4 is 44.3 Å². The van der Waals surface area contributed by atoms with Gasteiger partial charge in [0.05, 0.1) is 78.1 Å². The molecule has 47 heavy (non-hydrogen) atoms. The van der Waals surface area contributed by atoms with E-state index in [-0.39, 0.29) is 18.1 Å². The highest BCUT2D eigenvalue weighted by atomic mass is 32.2. The lowest BCUT2D eigenvalue weighted by Gasteiger charge is -2.31. The number of pyridine rings is 2. The molecule has 248 valence electrons. The molecule has 0 bridgehead atoms. The van der Waals surface area contributed by atoms with Crippen molar-refractivity contribution in [1.82, 2.24) is 29.5 Å². The van der Waals surface area contributed by atoms with Crippen LogP contribution in [-0.2, 0) is 21.8 Å². The van der Waals surface area contributed by atoms with Crippen LogP contribution in [0.15, 0.2) is 36.9 Å². The largest absolute Gasteiger partial charge is 0.628 e. The third kappa shape index (κ3) is 7.05. The molecule has 1 saturated heterocycles. The Morgan fingerprint density at radius 1 is 1.11 bits per heavy atom. The maximum Gasteiger partial charge on any atom is 0.305 e. The summed E-state index contributed by atoms with van der Waals surface area (Å²) in [5, 5.41) is 24.4. The van der Waals surface area contributed by atoms with Gasteiger partial charge in [-0.1, -0.05) is 0 Å². The minimum atomic E-state index is -3.80. The van der Waals surface area contributed by atoms with Gasteiger partial charge in [-0.2, -0.15) is 15.2 Å². The molecule has 4 aromatic heterocycles. The highest BCUT2D eigenvalue weighted by Gasteiger charge is 2.30. The average Bonchev–Trinajstić information content (AvgIpc) is 3.46. The lowest BCUT2D eigenvalue weighted by molar-refractivity contribution is -0.507. The summed E-state index contributed by atoms with van der Waals surface area (Å²) in [6.07, 6.45) is 10.2. The van der Waals surface area contributed by atoms with Gasteiger partial charge in [0.15, 0.2) is 0 Å². The van der Waals surface area contributed by atoms with Crippen LogP contribution in [0, 0.1) is 16.5 Å². The molecule has 5 heterocycles. The van der Waals surface area contributed by atoms with Crippen LogP contribution in [0.2, 0.25) is 0 Å². The van der Waals surface area contributed by atoms with Gasteiger partial charge in [-0.3, -0.25) is 13.9 Å². The number of ether oxygens (including phenoxy) is 2. The molecule has 1 aliphatic carbocycles. The Labute approximate surface area is 272 Å². The SMILES string of the molecule is CC(c1cnc([NH2+][O-])n1C)N(c1cnc2cc(N3CCOCC3)nc(OC3CCC(Nc4ncc(C#N)cn4)CC3)c2c1)S(C)(=O)=O. The second-order valence-corrected chi connectivity index (χ2v) is 13.6. The van der Waals surface area contributed by atoms with Crippen molar-refractivity contribution in [2.45, 2.75) is 50.8 Å². The first-order valence-corrected chi connectivity index (χ1v) is 17.2. The fraction of sp³-hybridized carbons (Fsp3) is 0.467. The summed E-state index contributed by atoms with van der Waals surface area (Å²) in [6, 6.07) is 5.12. The van der Waals surface area contributed by atoms with Gasteiger partial charge in [-0.05, 0) is 38.7 Å². The fourth-order valence-corrected chi connectivity index (χ4v) is 7.28. The van der Waals surface area contributed by atoms with Gasteiger partial charge < -0.3 is 30.4 Å². The summed E-state index contributed by atoms with van der Waals surface area (Å²) in [7, 11) is -2.13. The Morgan fingerprint density at radius 2 is 1.83 bits per heavy atom. The predicted octanol–water partition coefficient (Wildman–Crippen LogP) is 1.88.